The minimum absolute atomic E-state index is 0.230. The van der Waals surface area contributed by atoms with E-state index in [1.165, 1.54) is 4.90 Å². The van der Waals surface area contributed by atoms with Crippen LogP contribution in [0.2, 0.25) is 5.02 Å². The molecule has 0 radical (unpaired) electrons. The Morgan fingerprint density at radius 2 is 1.52 bits per heavy atom. The van der Waals surface area contributed by atoms with Crippen LogP contribution in [0.4, 0.5) is 11.4 Å². The SMILES string of the molecule is COc1ccc(NC2=C(c3ccc(C)c(C)c3)C(=O)N(c3ccc(Cl)cc3)C2=O)cc1. The maximum absolute atomic E-state index is 13.5. The van der Waals surface area contributed by atoms with E-state index >= 15 is 0 Å². The summed E-state index contributed by atoms with van der Waals surface area (Å²) in [5.74, 6) is -0.103. The summed E-state index contributed by atoms with van der Waals surface area (Å²) in [7, 11) is 1.59. The lowest BCUT2D eigenvalue weighted by atomic mass is 9.99. The molecular weight excluding hydrogens is 412 g/mol. The van der Waals surface area contributed by atoms with E-state index in [0.717, 1.165) is 11.1 Å². The zero-order valence-corrected chi connectivity index (χ0v) is 18.2. The molecule has 0 fully saturated rings. The number of hydrogen-bond donors (Lipinski definition) is 1. The number of carbonyl (C=O) groups excluding carboxylic acids is 2. The van der Waals surface area contributed by atoms with Crippen molar-refractivity contribution in [3.63, 3.8) is 0 Å². The van der Waals surface area contributed by atoms with Gasteiger partial charge in [-0.05, 0) is 79.1 Å². The fraction of sp³-hybridized carbons (Fsp3) is 0.120. The van der Waals surface area contributed by atoms with Gasteiger partial charge in [-0.15, -0.1) is 0 Å². The first-order chi connectivity index (χ1) is 14.9. The molecule has 2 amide bonds. The zero-order valence-electron chi connectivity index (χ0n) is 17.4. The van der Waals surface area contributed by atoms with Crippen molar-refractivity contribution in [2.45, 2.75) is 13.8 Å². The van der Waals surface area contributed by atoms with Crippen LogP contribution in [0.1, 0.15) is 16.7 Å². The van der Waals surface area contributed by atoms with Gasteiger partial charge >= 0.3 is 0 Å². The van der Waals surface area contributed by atoms with Crippen molar-refractivity contribution in [3.8, 4) is 5.75 Å². The molecule has 31 heavy (non-hydrogen) atoms. The smallest absolute Gasteiger partial charge is 0.282 e. The number of hydrogen-bond acceptors (Lipinski definition) is 4. The topological polar surface area (TPSA) is 58.6 Å². The van der Waals surface area contributed by atoms with Crippen molar-refractivity contribution in [3.05, 3.63) is 94.1 Å². The fourth-order valence-corrected chi connectivity index (χ4v) is 3.58. The maximum Gasteiger partial charge on any atom is 0.282 e. The molecule has 1 N–H and O–H groups in total. The lowest BCUT2D eigenvalue weighted by Gasteiger charge is -2.15. The van der Waals surface area contributed by atoms with Crippen LogP contribution in [0.5, 0.6) is 5.75 Å². The number of halogens is 1. The summed E-state index contributed by atoms with van der Waals surface area (Å²) in [5, 5.41) is 3.68. The van der Waals surface area contributed by atoms with Gasteiger partial charge in [0, 0.05) is 10.7 Å². The van der Waals surface area contributed by atoms with E-state index in [9.17, 15) is 9.59 Å². The minimum atomic E-state index is -0.420. The predicted octanol–water partition coefficient (Wildman–Crippen LogP) is 5.36. The summed E-state index contributed by atoms with van der Waals surface area (Å²) in [6, 6.07) is 19.5. The Morgan fingerprint density at radius 3 is 2.13 bits per heavy atom. The Hall–Kier alpha value is -3.57. The van der Waals surface area contributed by atoms with Gasteiger partial charge in [0.1, 0.15) is 11.4 Å². The second-order valence-electron chi connectivity index (χ2n) is 7.32. The number of carbonyl (C=O) groups is 2. The quantitative estimate of drug-likeness (QED) is 0.551. The first-order valence-corrected chi connectivity index (χ1v) is 10.1. The molecule has 0 bridgehead atoms. The van der Waals surface area contributed by atoms with E-state index in [0.29, 0.717) is 33.3 Å². The zero-order chi connectivity index (χ0) is 22.1. The largest absolute Gasteiger partial charge is 0.497 e. The summed E-state index contributed by atoms with van der Waals surface area (Å²) in [6.07, 6.45) is 0. The normalized spacial score (nSPS) is 13.7. The molecule has 3 aromatic rings. The second-order valence-corrected chi connectivity index (χ2v) is 7.76. The Kier molecular flexibility index (Phi) is 5.53. The maximum atomic E-state index is 13.5. The third-order valence-corrected chi connectivity index (χ3v) is 5.58. The van der Waals surface area contributed by atoms with Gasteiger partial charge in [0.15, 0.2) is 0 Å². The Balaban J connectivity index is 1.81. The number of ether oxygens (including phenoxy) is 1. The highest BCUT2D eigenvalue weighted by Gasteiger charge is 2.40. The van der Waals surface area contributed by atoms with Crippen LogP contribution in [0.3, 0.4) is 0 Å². The van der Waals surface area contributed by atoms with Gasteiger partial charge in [-0.25, -0.2) is 4.90 Å². The fourth-order valence-electron chi connectivity index (χ4n) is 3.45. The number of benzene rings is 3. The molecule has 0 aromatic heterocycles. The molecule has 1 aliphatic heterocycles. The predicted molar refractivity (Wildman–Crippen MR) is 123 cm³/mol. The Bertz CT molecular complexity index is 1200. The molecule has 0 aliphatic carbocycles. The lowest BCUT2D eigenvalue weighted by molar-refractivity contribution is -0.120. The van der Waals surface area contributed by atoms with E-state index < -0.39 is 5.91 Å². The summed E-state index contributed by atoms with van der Waals surface area (Å²) >= 11 is 5.99. The van der Waals surface area contributed by atoms with Crippen LogP contribution in [0.25, 0.3) is 5.57 Å². The lowest BCUT2D eigenvalue weighted by Crippen LogP contribution is -2.32. The number of methoxy groups -OCH3 is 1. The van der Waals surface area contributed by atoms with Crippen LogP contribution in [-0.4, -0.2) is 18.9 Å². The standard InChI is InChI=1S/C25H21ClN2O3/c1-15-4-5-17(14-16(15)2)22-23(27-19-8-12-21(31-3)13-9-19)25(30)28(24(22)29)20-10-6-18(26)7-11-20/h4-14,27H,1-3H3. The molecule has 0 unspecified atom stereocenters. The van der Waals surface area contributed by atoms with Crippen LogP contribution < -0.4 is 15.0 Å². The van der Waals surface area contributed by atoms with Gasteiger partial charge in [-0.3, -0.25) is 9.59 Å². The van der Waals surface area contributed by atoms with E-state index in [4.69, 9.17) is 16.3 Å². The molecule has 0 saturated heterocycles. The van der Waals surface area contributed by atoms with Crippen LogP contribution in [0, 0.1) is 13.8 Å². The van der Waals surface area contributed by atoms with Crippen LogP contribution >= 0.6 is 11.6 Å². The van der Waals surface area contributed by atoms with Crippen molar-refractivity contribution >= 4 is 40.4 Å². The Morgan fingerprint density at radius 1 is 0.839 bits per heavy atom. The molecule has 3 aromatic carbocycles. The third kappa shape index (κ3) is 3.92. The van der Waals surface area contributed by atoms with Gasteiger partial charge in [0.05, 0.1) is 18.4 Å². The molecule has 1 aliphatic rings. The first-order valence-electron chi connectivity index (χ1n) is 9.76. The molecule has 0 spiro atoms. The number of amides is 2. The van der Waals surface area contributed by atoms with E-state index in [-0.39, 0.29) is 11.6 Å². The molecule has 156 valence electrons. The monoisotopic (exact) mass is 432 g/mol. The van der Waals surface area contributed by atoms with Crippen molar-refractivity contribution in [1.29, 1.82) is 0 Å². The third-order valence-electron chi connectivity index (χ3n) is 5.32. The Labute approximate surface area is 185 Å². The van der Waals surface area contributed by atoms with E-state index in [1.54, 1.807) is 55.6 Å². The number of imide groups is 1. The van der Waals surface area contributed by atoms with Crippen molar-refractivity contribution in [2.75, 3.05) is 17.3 Å². The van der Waals surface area contributed by atoms with Gasteiger partial charge in [0.2, 0.25) is 0 Å². The van der Waals surface area contributed by atoms with E-state index in [1.807, 2.05) is 32.0 Å². The summed E-state index contributed by atoms with van der Waals surface area (Å²) in [6.45, 7) is 3.99. The summed E-state index contributed by atoms with van der Waals surface area (Å²) < 4.78 is 5.20. The number of nitrogens with zero attached hydrogens (tertiary/aromatic N) is 1. The average molecular weight is 433 g/mol. The van der Waals surface area contributed by atoms with Crippen molar-refractivity contribution < 1.29 is 14.3 Å². The highest BCUT2D eigenvalue weighted by atomic mass is 35.5. The molecule has 6 heteroatoms. The number of nitrogens with one attached hydrogen (secondary N) is 1. The summed E-state index contributed by atoms with van der Waals surface area (Å²) in [4.78, 5) is 28.0. The van der Waals surface area contributed by atoms with Gasteiger partial charge in [-0.2, -0.15) is 0 Å². The average Bonchev–Trinajstić information content (AvgIpc) is 3.01. The minimum Gasteiger partial charge on any atom is -0.497 e. The molecule has 1 heterocycles. The highest BCUT2D eigenvalue weighted by Crippen LogP contribution is 2.35. The molecule has 5 nitrogen and oxygen atoms in total. The first kappa shape index (κ1) is 20.7. The highest BCUT2D eigenvalue weighted by molar-refractivity contribution is 6.46. The number of aryl methyl sites for hydroxylation is 2. The van der Waals surface area contributed by atoms with Gasteiger partial charge < -0.3 is 10.1 Å². The molecule has 0 atom stereocenters. The molecular formula is C25H21ClN2O3. The van der Waals surface area contributed by atoms with Crippen LogP contribution in [0.15, 0.2) is 72.4 Å². The number of rotatable bonds is 5. The van der Waals surface area contributed by atoms with Crippen molar-refractivity contribution in [1.82, 2.24) is 0 Å². The van der Waals surface area contributed by atoms with Gasteiger partial charge in [0.25, 0.3) is 11.8 Å². The van der Waals surface area contributed by atoms with Gasteiger partial charge in [-0.1, -0.05) is 29.8 Å². The molecule has 4 rings (SSSR count). The summed E-state index contributed by atoms with van der Waals surface area (Å²) in [5.41, 5.74) is 4.55. The number of anilines is 2. The van der Waals surface area contributed by atoms with Crippen LogP contribution in [-0.2, 0) is 9.59 Å². The van der Waals surface area contributed by atoms with Crippen molar-refractivity contribution in [2.24, 2.45) is 0 Å². The second kappa shape index (κ2) is 8.28. The van der Waals surface area contributed by atoms with E-state index in [2.05, 4.69) is 5.32 Å². The molecule has 0 saturated carbocycles.